The molecule has 0 radical (unpaired) electrons. The molecule has 0 aromatic carbocycles. The van der Waals surface area contributed by atoms with Gasteiger partial charge in [-0.2, -0.15) is 0 Å². The van der Waals surface area contributed by atoms with Gasteiger partial charge in [0.2, 0.25) is 5.91 Å². The minimum atomic E-state index is 0.0579. The first-order chi connectivity index (χ1) is 9.97. The zero-order chi connectivity index (χ0) is 15.3. The molecule has 1 aliphatic heterocycles. The summed E-state index contributed by atoms with van der Waals surface area (Å²) < 4.78 is 0. The smallest absolute Gasteiger partial charge is 0.230 e. The lowest BCUT2D eigenvalue weighted by molar-refractivity contribution is -0.119. The van der Waals surface area contributed by atoms with Crippen molar-refractivity contribution in [2.45, 2.75) is 38.8 Å². The fraction of sp³-hybridized carbons (Fsp3) is 0.667. The maximum absolute atomic E-state index is 12.0. The molecule has 116 valence electrons. The molecular weight excluding hydrogens is 284 g/mol. The molecule has 1 aromatic heterocycles. The molecule has 1 saturated heterocycles. The molecule has 2 rings (SSSR count). The van der Waals surface area contributed by atoms with Gasteiger partial charge in [0.1, 0.15) is 0 Å². The first kappa shape index (κ1) is 16.2. The number of thioether (sulfide) groups is 1. The minimum Gasteiger partial charge on any atom is -0.355 e. The van der Waals surface area contributed by atoms with Crippen molar-refractivity contribution in [3.63, 3.8) is 0 Å². The highest BCUT2D eigenvalue weighted by Gasteiger charge is 2.26. The average molecular weight is 308 g/mol. The first-order valence-corrected chi connectivity index (χ1v) is 8.38. The van der Waals surface area contributed by atoms with Crippen LogP contribution < -0.4 is 10.6 Å². The van der Waals surface area contributed by atoms with Crippen molar-refractivity contribution in [2.75, 3.05) is 25.4 Å². The van der Waals surface area contributed by atoms with Gasteiger partial charge in [0.05, 0.1) is 5.75 Å². The zero-order valence-electron chi connectivity index (χ0n) is 13.0. The summed E-state index contributed by atoms with van der Waals surface area (Å²) in [6.45, 7) is 8.96. The molecule has 0 aliphatic carbocycles. The van der Waals surface area contributed by atoms with Gasteiger partial charge in [0.15, 0.2) is 5.16 Å². The van der Waals surface area contributed by atoms with E-state index in [2.05, 4.69) is 27.5 Å². The third-order valence-electron chi connectivity index (χ3n) is 3.82. The van der Waals surface area contributed by atoms with Crippen LogP contribution in [0.4, 0.5) is 0 Å². The Hall–Kier alpha value is -1.14. The van der Waals surface area contributed by atoms with Gasteiger partial charge in [0, 0.05) is 17.9 Å². The number of aryl methyl sites for hydroxylation is 2. The van der Waals surface area contributed by atoms with Gasteiger partial charge in [0.25, 0.3) is 0 Å². The number of piperidine rings is 1. The van der Waals surface area contributed by atoms with Gasteiger partial charge in [-0.15, -0.1) is 0 Å². The quantitative estimate of drug-likeness (QED) is 0.640. The summed E-state index contributed by atoms with van der Waals surface area (Å²) in [5, 5.41) is 7.08. The molecule has 0 unspecified atom stereocenters. The summed E-state index contributed by atoms with van der Waals surface area (Å²) in [5.74, 6) is 0.430. The summed E-state index contributed by atoms with van der Waals surface area (Å²) in [5.41, 5.74) is 2.10. The Morgan fingerprint density at radius 3 is 2.57 bits per heavy atom. The van der Waals surface area contributed by atoms with E-state index in [9.17, 15) is 4.79 Å². The van der Waals surface area contributed by atoms with Crippen LogP contribution in [-0.4, -0.2) is 41.3 Å². The Morgan fingerprint density at radius 1 is 1.33 bits per heavy atom. The van der Waals surface area contributed by atoms with E-state index < -0.39 is 0 Å². The predicted molar refractivity (Wildman–Crippen MR) is 85.5 cm³/mol. The molecule has 1 fully saturated rings. The summed E-state index contributed by atoms with van der Waals surface area (Å²) >= 11 is 1.40. The van der Waals surface area contributed by atoms with E-state index in [-0.39, 0.29) is 11.3 Å². The molecule has 0 saturated carbocycles. The number of carbonyl (C=O) groups is 1. The first-order valence-electron chi connectivity index (χ1n) is 7.39. The molecule has 2 N–H and O–H groups in total. The van der Waals surface area contributed by atoms with Crippen molar-refractivity contribution >= 4 is 17.7 Å². The second kappa shape index (κ2) is 7.22. The Morgan fingerprint density at radius 2 is 1.95 bits per heavy atom. The van der Waals surface area contributed by atoms with Gasteiger partial charge >= 0.3 is 0 Å². The van der Waals surface area contributed by atoms with Crippen LogP contribution in [0.1, 0.15) is 31.2 Å². The summed E-state index contributed by atoms with van der Waals surface area (Å²) in [4.78, 5) is 20.6. The summed E-state index contributed by atoms with van der Waals surface area (Å²) in [6, 6.07) is 1.93. The summed E-state index contributed by atoms with van der Waals surface area (Å²) in [6.07, 6.45) is 2.22. The highest BCUT2D eigenvalue weighted by molar-refractivity contribution is 7.99. The average Bonchev–Trinajstić information content (AvgIpc) is 2.43. The number of amides is 1. The predicted octanol–water partition coefficient (Wildman–Crippen LogP) is 1.69. The van der Waals surface area contributed by atoms with Gasteiger partial charge in [-0.3, -0.25) is 4.79 Å². The lowest BCUT2D eigenvalue weighted by Crippen LogP contribution is -2.43. The van der Waals surface area contributed by atoms with Gasteiger partial charge < -0.3 is 10.6 Å². The van der Waals surface area contributed by atoms with Crippen molar-refractivity contribution in [3.05, 3.63) is 17.5 Å². The van der Waals surface area contributed by atoms with E-state index in [1.165, 1.54) is 11.8 Å². The Kier molecular flexibility index (Phi) is 5.58. The molecule has 1 aromatic rings. The van der Waals surface area contributed by atoms with E-state index in [0.29, 0.717) is 10.9 Å². The standard InChI is InChI=1S/C15H24N4OS/c1-11-8-12(2)19-14(18-11)21-9-13(20)17-10-15(3)4-6-16-7-5-15/h8,16H,4-7,9-10H2,1-3H3,(H,17,20). The van der Waals surface area contributed by atoms with Gasteiger partial charge in [-0.05, 0) is 51.3 Å². The van der Waals surface area contributed by atoms with E-state index in [1.54, 1.807) is 0 Å². The molecule has 21 heavy (non-hydrogen) atoms. The fourth-order valence-corrected chi connectivity index (χ4v) is 3.24. The highest BCUT2D eigenvalue weighted by Crippen LogP contribution is 2.26. The van der Waals surface area contributed by atoms with E-state index in [0.717, 1.165) is 43.9 Å². The van der Waals surface area contributed by atoms with Crippen LogP contribution in [0.25, 0.3) is 0 Å². The molecular formula is C15H24N4OS. The molecule has 0 atom stereocenters. The maximum atomic E-state index is 12.0. The van der Waals surface area contributed by atoms with Crippen molar-refractivity contribution < 1.29 is 4.79 Å². The maximum Gasteiger partial charge on any atom is 0.230 e. The Labute approximate surface area is 130 Å². The molecule has 0 spiro atoms. The van der Waals surface area contributed by atoms with Crippen LogP contribution in [0.3, 0.4) is 0 Å². The molecule has 5 nitrogen and oxygen atoms in total. The van der Waals surface area contributed by atoms with Crippen molar-refractivity contribution in [1.29, 1.82) is 0 Å². The van der Waals surface area contributed by atoms with Gasteiger partial charge in [-0.1, -0.05) is 18.7 Å². The number of nitrogens with zero attached hydrogens (tertiary/aromatic N) is 2. The van der Waals surface area contributed by atoms with Crippen molar-refractivity contribution in [2.24, 2.45) is 5.41 Å². The number of aromatic nitrogens is 2. The normalized spacial score (nSPS) is 17.5. The molecule has 1 amide bonds. The van der Waals surface area contributed by atoms with Crippen LogP contribution in [-0.2, 0) is 4.79 Å². The third-order valence-corrected chi connectivity index (χ3v) is 4.66. The SMILES string of the molecule is Cc1cc(C)nc(SCC(=O)NCC2(C)CCNCC2)n1. The van der Waals surface area contributed by atoms with E-state index in [1.807, 2.05) is 19.9 Å². The number of hydrogen-bond donors (Lipinski definition) is 2. The lowest BCUT2D eigenvalue weighted by atomic mass is 9.81. The third kappa shape index (κ3) is 5.28. The Bertz CT molecular complexity index is 480. The monoisotopic (exact) mass is 308 g/mol. The second-order valence-corrected chi connectivity index (χ2v) is 7.00. The number of rotatable bonds is 5. The second-order valence-electron chi connectivity index (χ2n) is 6.06. The van der Waals surface area contributed by atoms with Crippen molar-refractivity contribution in [3.8, 4) is 0 Å². The van der Waals surface area contributed by atoms with E-state index >= 15 is 0 Å². The minimum absolute atomic E-state index is 0.0579. The molecule has 0 bridgehead atoms. The van der Waals surface area contributed by atoms with Crippen LogP contribution in [0.15, 0.2) is 11.2 Å². The van der Waals surface area contributed by atoms with Crippen molar-refractivity contribution in [1.82, 2.24) is 20.6 Å². The van der Waals surface area contributed by atoms with E-state index in [4.69, 9.17) is 0 Å². The number of hydrogen-bond acceptors (Lipinski definition) is 5. The molecule has 1 aliphatic rings. The zero-order valence-corrected chi connectivity index (χ0v) is 13.8. The summed E-state index contributed by atoms with van der Waals surface area (Å²) in [7, 11) is 0. The lowest BCUT2D eigenvalue weighted by Gasteiger charge is -2.34. The van der Waals surface area contributed by atoms with Crippen LogP contribution >= 0.6 is 11.8 Å². The Balaban J connectivity index is 1.76. The fourth-order valence-electron chi connectivity index (χ4n) is 2.46. The number of nitrogens with one attached hydrogen (secondary N) is 2. The van der Waals surface area contributed by atoms with Crippen LogP contribution in [0, 0.1) is 19.3 Å². The largest absolute Gasteiger partial charge is 0.355 e. The number of carbonyl (C=O) groups excluding carboxylic acids is 1. The molecule has 2 heterocycles. The molecule has 6 heteroatoms. The van der Waals surface area contributed by atoms with Gasteiger partial charge in [-0.25, -0.2) is 9.97 Å². The van der Waals surface area contributed by atoms with Crippen LogP contribution in [0.2, 0.25) is 0 Å². The van der Waals surface area contributed by atoms with Crippen LogP contribution in [0.5, 0.6) is 0 Å². The highest BCUT2D eigenvalue weighted by atomic mass is 32.2. The topological polar surface area (TPSA) is 66.9 Å².